The zero-order valence-corrected chi connectivity index (χ0v) is 12.0. The van der Waals surface area contributed by atoms with Gasteiger partial charge in [-0.15, -0.1) is 0 Å². The molecule has 19 heavy (non-hydrogen) atoms. The number of hydrogen-bond acceptors (Lipinski definition) is 4. The molecule has 1 aromatic carbocycles. The quantitative estimate of drug-likeness (QED) is 0.872. The summed E-state index contributed by atoms with van der Waals surface area (Å²) < 4.78 is 11.0. The Labute approximate surface area is 118 Å². The lowest BCUT2D eigenvalue weighted by molar-refractivity contribution is 0.169. The van der Waals surface area contributed by atoms with Crippen LogP contribution in [0.15, 0.2) is 12.1 Å². The monoisotopic (exact) mass is 285 g/mol. The molecule has 0 aliphatic carbocycles. The van der Waals surface area contributed by atoms with E-state index in [4.69, 9.17) is 21.1 Å². The average Bonchev–Trinajstić information content (AvgIpc) is 2.36. The molecule has 0 radical (unpaired) electrons. The van der Waals surface area contributed by atoms with Crippen LogP contribution >= 0.6 is 11.6 Å². The fourth-order valence-electron chi connectivity index (χ4n) is 2.15. The minimum atomic E-state index is -0.300. The van der Waals surface area contributed by atoms with Crippen molar-refractivity contribution in [1.29, 1.82) is 0 Å². The van der Waals surface area contributed by atoms with Crippen LogP contribution in [0.2, 0.25) is 5.02 Å². The van der Waals surface area contributed by atoms with Gasteiger partial charge in [-0.25, -0.2) is 0 Å². The molecule has 1 aromatic rings. The molecule has 0 fully saturated rings. The number of halogens is 1. The van der Waals surface area contributed by atoms with Crippen molar-refractivity contribution in [2.24, 2.45) is 0 Å². The van der Waals surface area contributed by atoms with Crippen molar-refractivity contribution < 1.29 is 14.6 Å². The van der Waals surface area contributed by atoms with Crippen molar-refractivity contribution >= 4 is 11.6 Å². The lowest BCUT2D eigenvalue weighted by Gasteiger charge is -2.21. The van der Waals surface area contributed by atoms with E-state index in [1.807, 2.05) is 19.1 Å². The standard InChI is InChI=1S/C14H20ClNO3/c1-9(5-10(2)17)16-8-11-6-12(15)14-13(7-11)18-3-4-19-14/h6-7,9-10,16-17H,3-5,8H2,1-2H3. The Morgan fingerprint density at radius 1 is 1.32 bits per heavy atom. The molecule has 0 bridgehead atoms. The van der Waals surface area contributed by atoms with Gasteiger partial charge in [0.1, 0.15) is 13.2 Å². The molecule has 2 rings (SSSR count). The second kappa shape index (κ2) is 6.46. The largest absolute Gasteiger partial charge is 0.486 e. The average molecular weight is 286 g/mol. The molecule has 2 N–H and O–H groups in total. The van der Waals surface area contributed by atoms with Gasteiger partial charge in [0.15, 0.2) is 11.5 Å². The zero-order chi connectivity index (χ0) is 13.8. The predicted molar refractivity (Wildman–Crippen MR) is 75.0 cm³/mol. The van der Waals surface area contributed by atoms with Gasteiger partial charge < -0.3 is 19.9 Å². The van der Waals surface area contributed by atoms with Gasteiger partial charge in [-0.1, -0.05) is 11.6 Å². The third kappa shape index (κ3) is 4.00. The summed E-state index contributed by atoms with van der Waals surface area (Å²) >= 11 is 6.17. The third-order valence-corrected chi connectivity index (χ3v) is 3.29. The van der Waals surface area contributed by atoms with Crippen LogP contribution in [0.4, 0.5) is 0 Å². The first-order valence-electron chi connectivity index (χ1n) is 6.55. The summed E-state index contributed by atoms with van der Waals surface area (Å²) in [4.78, 5) is 0. The summed E-state index contributed by atoms with van der Waals surface area (Å²) in [5, 5.41) is 13.3. The SMILES string of the molecule is CC(O)CC(C)NCc1cc(Cl)c2c(c1)OCCO2. The molecule has 0 amide bonds. The minimum Gasteiger partial charge on any atom is -0.486 e. The smallest absolute Gasteiger partial charge is 0.179 e. The normalized spacial score (nSPS) is 17.1. The molecule has 1 heterocycles. The first kappa shape index (κ1) is 14.4. The maximum Gasteiger partial charge on any atom is 0.179 e. The van der Waals surface area contributed by atoms with Gasteiger partial charge in [0.05, 0.1) is 11.1 Å². The van der Waals surface area contributed by atoms with E-state index >= 15 is 0 Å². The Balaban J connectivity index is 1.99. The Hall–Kier alpha value is -0.970. The van der Waals surface area contributed by atoms with E-state index in [0.717, 1.165) is 12.0 Å². The van der Waals surface area contributed by atoms with Crippen LogP contribution in [0, 0.1) is 0 Å². The van der Waals surface area contributed by atoms with Crippen LogP contribution in [0.1, 0.15) is 25.8 Å². The maximum absolute atomic E-state index is 9.32. The second-order valence-electron chi connectivity index (χ2n) is 4.97. The summed E-state index contributed by atoms with van der Waals surface area (Å²) in [5.41, 5.74) is 1.05. The number of ether oxygens (including phenoxy) is 2. The molecule has 5 heteroatoms. The molecule has 4 nitrogen and oxygen atoms in total. The molecule has 0 saturated heterocycles. The highest BCUT2D eigenvalue weighted by molar-refractivity contribution is 6.32. The summed E-state index contributed by atoms with van der Waals surface area (Å²) in [6.07, 6.45) is 0.421. The first-order chi connectivity index (χ1) is 9.06. The summed E-state index contributed by atoms with van der Waals surface area (Å²) in [6.45, 7) is 5.62. The van der Waals surface area contributed by atoms with Crippen molar-refractivity contribution in [2.45, 2.75) is 39.0 Å². The highest BCUT2D eigenvalue weighted by Gasteiger charge is 2.16. The topological polar surface area (TPSA) is 50.7 Å². The van der Waals surface area contributed by atoms with Crippen molar-refractivity contribution in [3.05, 3.63) is 22.7 Å². The molecule has 106 valence electrons. The van der Waals surface area contributed by atoms with Crippen LogP contribution in [-0.2, 0) is 6.54 Å². The van der Waals surface area contributed by atoms with E-state index in [-0.39, 0.29) is 12.1 Å². The highest BCUT2D eigenvalue weighted by Crippen LogP contribution is 2.38. The van der Waals surface area contributed by atoms with Crippen molar-refractivity contribution in [2.75, 3.05) is 13.2 Å². The van der Waals surface area contributed by atoms with E-state index in [1.54, 1.807) is 6.92 Å². The van der Waals surface area contributed by atoms with E-state index in [0.29, 0.717) is 36.3 Å². The molecular formula is C14H20ClNO3. The molecule has 1 aliphatic rings. The Bertz CT molecular complexity index is 437. The number of nitrogens with one attached hydrogen (secondary N) is 1. The van der Waals surface area contributed by atoms with Crippen molar-refractivity contribution in [3.8, 4) is 11.5 Å². The number of aliphatic hydroxyl groups is 1. The fourth-order valence-corrected chi connectivity index (χ4v) is 2.44. The Kier molecular flexibility index (Phi) is 4.91. The van der Waals surface area contributed by atoms with E-state index in [1.165, 1.54) is 0 Å². The van der Waals surface area contributed by atoms with Gasteiger partial charge in [-0.3, -0.25) is 0 Å². The van der Waals surface area contributed by atoms with Crippen LogP contribution in [-0.4, -0.2) is 30.5 Å². The van der Waals surface area contributed by atoms with Crippen LogP contribution in [0.3, 0.4) is 0 Å². The Morgan fingerprint density at radius 3 is 2.79 bits per heavy atom. The summed E-state index contributed by atoms with van der Waals surface area (Å²) in [6, 6.07) is 4.08. The van der Waals surface area contributed by atoms with Gasteiger partial charge in [0.25, 0.3) is 0 Å². The molecule has 2 unspecified atom stereocenters. The second-order valence-corrected chi connectivity index (χ2v) is 5.38. The number of rotatable bonds is 5. The van der Waals surface area contributed by atoms with E-state index in [9.17, 15) is 5.11 Å². The fraction of sp³-hybridized carbons (Fsp3) is 0.571. The summed E-state index contributed by atoms with van der Waals surface area (Å²) in [5.74, 6) is 1.34. The minimum absolute atomic E-state index is 0.243. The van der Waals surface area contributed by atoms with Gasteiger partial charge in [0, 0.05) is 12.6 Å². The van der Waals surface area contributed by atoms with E-state index < -0.39 is 0 Å². The van der Waals surface area contributed by atoms with E-state index in [2.05, 4.69) is 5.32 Å². The van der Waals surface area contributed by atoms with Crippen molar-refractivity contribution in [3.63, 3.8) is 0 Å². The molecule has 2 atom stereocenters. The number of aliphatic hydroxyl groups excluding tert-OH is 1. The molecule has 0 spiro atoms. The van der Waals surface area contributed by atoms with Crippen LogP contribution in [0.5, 0.6) is 11.5 Å². The maximum atomic E-state index is 9.32. The number of fused-ring (bicyclic) bond motifs is 1. The zero-order valence-electron chi connectivity index (χ0n) is 11.3. The molecular weight excluding hydrogens is 266 g/mol. The first-order valence-corrected chi connectivity index (χ1v) is 6.93. The van der Waals surface area contributed by atoms with Crippen LogP contribution < -0.4 is 14.8 Å². The van der Waals surface area contributed by atoms with Crippen LogP contribution in [0.25, 0.3) is 0 Å². The molecule has 0 saturated carbocycles. The predicted octanol–water partition coefficient (Wildman–Crippen LogP) is 2.36. The molecule has 0 aromatic heterocycles. The van der Waals surface area contributed by atoms with Crippen molar-refractivity contribution in [1.82, 2.24) is 5.32 Å². The van der Waals surface area contributed by atoms with Gasteiger partial charge in [0.2, 0.25) is 0 Å². The third-order valence-electron chi connectivity index (χ3n) is 3.01. The molecule has 1 aliphatic heterocycles. The number of benzene rings is 1. The highest BCUT2D eigenvalue weighted by atomic mass is 35.5. The Morgan fingerprint density at radius 2 is 2.05 bits per heavy atom. The number of hydrogen-bond donors (Lipinski definition) is 2. The van der Waals surface area contributed by atoms with Gasteiger partial charge in [-0.05, 0) is 38.0 Å². The lowest BCUT2D eigenvalue weighted by Crippen LogP contribution is -2.28. The summed E-state index contributed by atoms with van der Waals surface area (Å²) in [7, 11) is 0. The lowest BCUT2D eigenvalue weighted by atomic mass is 10.1. The van der Waals surface area contributed by atoms with Gasteiger partial charge >= 0.3 is 0 Å². The van der Waals surface area contributed by atoms with Gasteiger partial charge in [-0.2, -0.15) is 0 Å².